The lowest BCUT2D eigenvalue weighted by atomic mass is 9.86. The van der Waals surface area contributed by atoms with Crippen LogP contribution in [0.3, 0.4) is 0 Å². The van der Waals surface area contributed by atoms with Crippen molar-refractivity contribution >= 4 is 0 Å². The van der Waals surface area contributed by atoms with E-state index in [1.165, 1.54) is 25.7 Å². The van der Waals surface area contributed by atoms with Crippen LogP contribution in [-0.2, 0) is 0 Å². The zero-order valence-electron chi connectivity index (χ0n) is 6.11. The van der Waals surface area contributed by atoms with Crippen molar-refractivity contribution in [3.63, 3.8) is 0 Å². The van der Waals surface area contributed by atoms with Gasteiger partial charge < -0.3 is 0 Å². The Balaban J connectivity index is 2.08. The van der Waals surface area contributed by atoms with Gasteiger partial charge in [-0.3, -0.25) is 0 Å². The second-order valence-corrected chi connectivity index (χ2v) is 2.70. The molecule has 0 heteroatoms. The fraction of sp³-hybridized carbons (Fsp3) is 0.778. The highest BCUT2D eigenvalue weighted by Crippen LogP contribution is 2.24. The van der Waals surface area contributed by atoms with Gasteiger partial charge in [-0.2, -0.15) is 0 Å². The minimum Gasteiger partial charge on any atom is -0.103 e. The molecule has 0 aliphatic heterocycles. The van der Waals surface area contributed by atoms with Crippen molar-refractivity contribution in [2.75, 3.05) is 0 Å². The summed E-state index contributed by atoms with van der Waals surface area (Å²) < 4.78 is 0. The van der Waals surface area contributed by atoms with E-state index in [-0.39, 0.29) is 0 Å². The highest BCUT2D eigenvalue weighted by Gasteiger charge is 2.13. The zero-order chi connectivity index (χ0) is 6.53. The van der Waals surface area contributed by atoms with Crippen LogP contribution in [0.25, 0.3) is 0 Å². The van der Waals surface area contributed by atoms with Crippen molar-refractivity contribution < 1.29 is 0 Å². The molecule has 0 unspecified atom stereocenters. The molecule has 9 heavy (non-hydrogen) atoms. The summed E-state index contributed by atoms with van der Waals surface area (Å²) >= 11 is 0. The Morgan fingerprint density at radius 1 is 1.44 bits per heavy atom. The quantitative estimate of drug-likeness (QED) is 0.469. The molecule has 0 radical (unpaired) electrons. The van der Waals surface area contributed by atoms with Crippen LogP contribution in [0.2, 0.25) is 0 Å². The summed E-state index contributed by atoms with van der Waals surface area (Å²) in [7, 11) is 0. The van der Waals surface area contributed by atoms with Gasteiger partial charge in [0.05, 0.1) is 0 Å². The minimum atomic E-state index is 0.775. The summed E-state index contributed by atoms with van der Waals surface area (Å²) in [6, 6.07) is 0. The molecule has 1 fully saturated rings. The van der Waals surface area contributed by atoms with Gasteiger partial charge in [0.2, 0.25) is 0 Å². The molecule has 1 rings (SSSR count). The van der Waals surface area contributed by atoms with Crippen molar-refractivity contribution in [3.8, 4) is 11.8 Å². The first-order valence-electron chi connectivity index (χ1n) is 3.92. The average molecular weight is 122 g/mol. The molecule has 0 aromatic heterocycles. The maximum Gasteiger partial charge on any atom is 0.0202 e. The van der Waals surface area contributed by atoms with Gasteiger partial charge in [-0.1, -0.05) is 19.3 Å². The molecular weight excluding hydrogens is 108 g/mol. The minimum absolute atomic E-state index is 0.775. The summed E-state index contributed by atoms with van der Waals surface area (Å²) in [5.74, 6) is 7.23. The lowest BCUT2D eigenvalue weighted by Gasteiger charge is -2.18. The molecule has 0 aromatic rings. The summed E-state index contributed by atoms with van der Waals surface area (Å²) in [6.45, 7) is 2.18. The van der Waals surface area contributed by atoms with Gasteiger partial charge in [0.25, 0.3) is 0 Å². The van der Waals surface area contributed by atoms with Crippen molar-refractivity contribution in [3.05, 3.63) is 0 Å². The molecule has 0 atom stereocenters. The molecule has 1 aliphatic rings. The van der Waals surface area contributed by atoms with Crippen LogP contribution >= 0.6 is 0 Å². The monoisotopic (exact) mass is 122 g/mol. The van der Waals surface area contributed by atoms with Crippen LogP contribution < -0.4 is 0 Å². The first-order valence-corrected chi connectivity index (χ1v) is 3.92. The smallest absolute Gasteiger partial charge is 0.0202 e. The lowest BCUT2D eigenvalue weighted by Crippen LogP contribution is -2.07. The van der Waals surface area contributed by atoms with Gasteiger partial charge in [-0.05, 0) is 19.3 Å². The Morgan fingerprint density at radius 3 is 2.67 bits per heavy atom. The topological polar surface area (TPSA) is 0 Å². The third-order valence-corrected chi connectivity index (χ3v) is 1.79. The Bertz CT molecular complexity index is 121. The third-order valence-electron chi connectivity index (χ3n) is 1.79. The summed E-state index contributed by atoms with van der Waals surface area (Å²) in [4.78, 5) is 0. The largest absolute Gasteiger partial charge is 0.103 e. The van der Waals surface area contributed by atoms with Crippen molar-refractivity contribution in [2.45, 2.75) is 39.0 Å². The number of unbranched alkanes of at least 4 members (excludes halogenated alkanes) is 1. The maximum absolute atomic E-state index is 3.27. The summed E-state index contributed by atoms with van der Waals surface area (Å²) in [5, 5.41) is 0. The Morgan fingerprint density at radius 2 is 2.22 bits per heavy atom. The van der Waals surface area contributed by atoms with E-state index < -0.39 is 0 Å². The van der Waals surface area contributed by atoms with Gasteiger partial charge in [0.15, 0.2) is 0 Å². The predicted molar refractivity (Wildman–Crippen MR) is 40.0 cm³/mol. The lowest BCUT2D eigenvalue weighted by molar-refractivity contribution is 0.401. The normalized spacial score (nSPS) is 17.9. The third kappa shape index (κ3) is 2.10. The van der Waals surface area contributed by atoms with E-state index >= 15 is 0 Å². The highest BCUT2D eigenvalue weighted by molar-refractivity contribution is 5.05. The van der Waals surface area contributed by atoms with Crippen LogP contribution in [0, 0.1) is 17.8 Å². The van der Waals surface area contributed by atoms with Gasteiger partial charge in [-0.25, -0.2) is 0 Å². The molecular formula is C9H14. The van der Waals surface area contributed by atoms with E-state index in [0.29, 0.717) is 0 Å². The highest BCUT2D eigenvalue weighted by atomic mass is 14.2. The SMILES string of the molecule is CCCC#CC1CCC1. The molecule has 0 spiro atoms. The second-order valence-electron chi connectivity index (χ2n) is 2.70. The van der Waals surface area contributed by atoms with Crippen LogP contribution in [0.5, 0.6) is 0 Å². The van der Waals surface area contributed by atoms with Crippen LogP contribution in [0.4, 0.5) is 0 Å². The predicted octanol–water partition coefficient (Wildman–Crippen LogP) is 2.59. The Hall–Kier alpha value is -0.440. The maximum atomic E-state index is 3.27. The van der Waals surface area contributed by atoms with E-state index in [9.17, 15) is 0 Å². The molecule has 0 aromatic carbocycles. The molecule has 0 amide bonds. The fourth-order valence-electron chi connectivity index (χ4n) is 0.894. The van der Waals surface area contributed by atoms with E-state index in [4.69, 9.17) is 0 Å². The van der Waals surface area contributed by atoms with Gasteiger partial charge in [0.1, 0.15) is 0 Å². The van der Waals surface area contributed by atoms with Gasteiger partial charge in [0, 0.05) is 12.3 Å². The van der Waals surface area contributed by atoms with Crippen LogP contribution in [0.15, 0.2) is 0 Å². The number of rotatable bonds is 1. The standard InChI is InChI=1S/C9H14/c1-2-3-4-6-9-7-5-8-9/h9H,2-3,5,7-8H2,1H3. The molecule has 0 saturated heterocycles. The summed E-state index contributed by atoms with van der Waals surface area (Å²) in [6.07, 6.45) is 6.43. The molecule has 1 aliphatic carbocycles. The van der Waals surface area contributed by atoms with E-state index in [2.05, 4.69) is 18.8 Å². The van der Waals surface area contributed by atoms with E-state index in [1.807, 2.05) is 0 Å². The molecule has 50 valence electrons. The molecule has 0 heterocycles. The van der Waals surface area contributed by atoms with Crippen molar-refractivity contribution in [1.82, 2.24) is 0 Å². The van der Waals surface area contributed by atoms with Crippen LogP contribution in [-0.4, -0.2) is 0 Å². The number of hydrogen-bond donors (Lipinski definition) is 0. The van der Waals surface area contributed by atoms with Gasteiger partial charge >= 0.3 is 0 Å². The first kappa shape index (κ1) is 6.68. The summed E-state index contributed by atoms with van der Waals surface area (Å²) in [5.41, 5.74) is 0. The fourth-order valence-corrected chi connectivity index (χ4v) is 0.894. The van der Waals surface area contributed by atoms with Crippen molar-refractivity contribution in [2.24, 2.45) is 5.92 Å². The molecule has 1 saturated carbocycles. The van der Waals surface area contributed by atoms with E-state index in [1.54, 1.807) is 0 Å². The van der Waals surface area contributed by atoms with Crippen LogP contribution in [0.1, 0.15) is 39.0 Å². The Labute approximate surface area is 57.7 Å². The zero-order valence-corrected chi connectivity index (χ0v) is 6.11. The Kier molecular flexibility index (Phi) is 2.64. The van der Waals surface area contributed by atoms with Gasteiger partial charge in [-0.15, -0.1) is 5.92 Å². The second kappa shape index (κ2) is 3.56. The molecule has 0 bridgehead atoms. The number of hydrogen-bond acceptors (Lipinski definition) is 0. The first-order chi connectivity index (χ1) is 4.43. The molecule has 0 nitrogen and oxygen atoms in total. The molecule has 0 N–H and O–H groups in total. The van der Waals surface area contributed by atoms with Crippen molar-refractivity contribution in [1.29, 1.82) is 0 Å². The van der Waals surface area contributed by atoms with E-state index in [0.717, 1.165) is 12.3 Å². The average Bonchev–Trinajstić information content (AvgIpc) is 1.76.